The zero-order chi connectivity index (χ0) is 30.0. The Morgan fingerprint density at radius 2 is 1.51 bits per heavy atom. The van der Waals surface area contributed by atoms with Crippen molar-refractivity contribution in [3.63, 3.8) is 0 Å². The monoisotopic (exact) mass is 568 g/mol. The van der Waals surface area contributed by atoms with E-state index in [1.54, 1.807) is 4.68 Å². The lowest BCUT2D eigenvalue weighted by Crippen LogP contribution is -2.41. The van der Waals surface area contributed by atoms with E-state index in [0.29, 0.717) is 17.5 Å². The number of ether oxygens (including phenoxy) is 1. The molecule has 10 heteroatoms. The number of halogens is 1. The Morgan fingerprint density at radius 1 is 0.951 bits per heavy atom. The van der Waals surface area contributed by atoms with Crippen molar-refractivity contribution < 1.29 is 27.7 Å². The van der Waals surface area contributed by atoms with Gasteiger partial charge in [0.05, 0.1) is 33.3 Å². The van der Waals surface area contributed by atoms with Crippen molar-refractivity contribution in [2.24, 2.45) is 5.92 Å². The van der Waals surface area contributed by atoms with Gasteiger partial charge in [-0.2, -0.15) is 4.39 Å². The molecule has 3 heterocycles. The number of hydrogen-bond donors (Lipinski definition) is 0. The second-order valence-electron chi connectivity index (χ2n) is 13.8. The summed E-state index contributed by atoms with van der Waals surface area (Å²) >= 11 is 0. The van der Waals surface area contributed by atoms with Gasteiger partial charge in [-0.05, 0) is 116 Å². The molecule has 1 aromatic carbocycles. The number of rotatable bonds is 9. The lowest BCUT2D eigenvalue weighted by atomic mass is 9.55. The third-order valence-corrected chi connectivity index (χ3v) is 9.99. The van der Waals surface area contributed by atoms with E-state index in [9.17, 15) is 0 Å². The van der Waals surface area contributed by atoms with Crippen LogP contribution in [0, 0.1) is 11.9 Å². The quantitative estimate of drug-likeness (QED) is 0.296. The Balaban J connectivity index is 1.70. The van der Waals surface area contributed by atoms with E-state index >= 15 is 4.39 Å². The van der Waals surface area contributed by atoms with Crippen molar-refractivity contribution in [1.82, 2.24) is 9.78 Å². The van der Waals surface area contributed by atoms with Gasteiger partial charge < -0.3 is 23.4 Å². The minimum atomic E-state index is -0.665. The first-order chi connectivity index (χ1) is 19.1. The predicted octanol–water partition coefficient (Wildman–Crippen LogP) is 7.33. The Hall–Kier alpha value is -1.71. The highest BCUT2D eigenvalue weighted by Crippen LogP contribution is 2.49. The van der Waals surface area contributed by atoms with Crippen molar-refractivity contribution in [2.75, 3.05) is 6.61 Å². The van der Waals surface area contributed by atoms with Crippen molar-refractivity contribution in [2.45, 2.75) is 130 Å². The van der Waals surface area contributed by atoms with Crippen LogP contribution >= 0.6 is 0 Å². The van der Waals surface area contributed by atoms with Gasteiger partial charge in [-0.15, -0.1) is 5.10 Å². The van der Waals surface area contributed by atoms with Crippen LogP contribution in [-0.2, 0) is 23.4 Å². The summed E-state index contributed by atoms with van der Waals surface area (Å²) in [6.45, 7) is 21.1. The SMILES string of the molecule is CCCC(OCC)n1nc(F)c2cc(/C(B3OC(C)(C)C(C)(C)O3)=C(/B3OC(C)(C)C(C)(C)O3)C3CCC3)ccc21. The third-order valence-electron chi connectivity index (χ3n) is 9.99. The predicted molar refractivity (Wildman–Crippen MR) is 162 cm³/mol. The molecule has 2 saturated heterocycles. The zero-order valence-corrected chi connectivity index (χ0v) is 26.6. The lowest BCUT2D eigenvalue weighted by molar-refractivity contribution is -0.00280. The van der Waals surface area contributed by atoms with Crippen LogP contribution in [0.4, 0.5) is 4.39 Å². The number of aromatic nitrogens is 2. The zero-order valence-electron chi connectivity index (χ0n) is 26.6. The first kappa shape index (κ1) is 30.7. The van der Waals surface area contributed by atoms with Gasteiger partial charge in [-0.25, -0.2) is 4.68 Å². The van der Waals surface area contributed by atoms with Crippen LogP contribution < -0.4 is 0 Å². The molecular formula is C31H47B2FN2O5. The highest BCUT2D eigenvalue weighted by Gasteiger charge is 2.58. The Bertz CT molecular complexity index is 1280. The molecule has 2 aromatic rings. The maximum Gasteiger partial charge on any atom is 0.494 e. The van der Waals surface area contributed by atoms with Gasteiger partial charge in [0.25, 0.3) is 0 Å². The van der Waals surface area contributed by atoms with E-state index in [1.807, 2.05) is 25.1 Å². The van der Waals surface area contributed by atoms with Crippen LogP contribution in [0.25, 0.3) is 16.4 Å². The summed E-state index contributed by atoms with van der Waals surface area (Å²) in [4.78, 5) is 0. The lowest BCUT2D eigenvalue weighted by Gasteiger charge is -2.33. The molecule has 0 N–H and O–H groups in total. The fourth-order valence-electron chi connectivity index (χ4n) is 5.83. The number of fused-ring (bicyclic) bond motifs is 1. The first-order valence-corrected chi connectivity index (χ1v) is 15.4. The summed E-state index contributed by atoms with van der Waals surface area (Å²) in [5.74, 6) is -0.259. The summed E-state index contributed by atoms with van der Waals surface area (Å²) in [5.41, 5.74) is 1.34. The maximum absolute atomic E-state index is 15.5. The highest BCUT2D eigenvalue weighted by atomic mass is 19.1. The van der Waals surface area contributed by atoms with Crippen molar-refractivity contribution in [3.8, 4) is 0 Å². The molecule has 5 rings (SSSR count). The summed E-state index contributed by atoms with van der Waals surface area (Å²) < 4.78 is 49.8. The fourth-order valence-corrected chi connectivity index (χ4v) is 5.83. The van der Waals surface area contributed by atoms with Gasteiger partial charge >= 0.3 is 14.2 Å². The molecule has 7 nitrogen and oxygen atoms in total. The molecule has 1 saturated carbocycles. The number of nitrogens with zero attached hydrogens (tertiary/aromatic N) is 2. The largest absolute Gasteiger partial charge is 0.494 e. The standard InChI is InChI=1S/C31H47B2FN2O5/c1-11-14-24(37-12-2)36-23-18-17-21(19-22(23)27(34)35-36)26(33-40-30(7,8)31(9,10)41-33)25(20-15-13-16-20)32-38-28(3,4)29(5,6)39-32/h17-20,24H,11-16H2,1-10H3/b26-25-. The van der Waals surface area contributed by atoms with E-state index in [1.165, 1.54) is 0 Å². The second-order valence-corrected chi connectivity index (χ2v) is 13.8. The van der Waals surface area contributed by atoms with Crippen LogP contribution in [0.15, 0.2) is 23.7 Å². The first-order valence-electron chi connectivity index (χ1n) is 15.4. The molecule has 0 amide bonds. The molecule has 1 atom stereocenters. The summed E-state index contributed by atoms with van der Waals surface area (Å²) in [7, 11) is -1.23. The Morgan fingerprint density at radius 3 is 2.00 bits per heavy atom. The minimum Gasteiger partial charge on any atom is -0.400 e. The molecule has 1 unspecified atom stereocenters. The minimum absolute atomic E-state index is 0.258. The fraction of sp³-hybridized carbons (Fsp3) is 0.710. The van der Waals surface area contributed by atoms with Gasteiger partial charge in [-0.1, -0.05) is 25.8 Å². The average molecular weight is 568 g/mol. The second kappa shape index (κ2) is 10.8. The molecular weight excluding hydrogens is 521 g/mol. The van der Waals surface area contributed by atoms with Gasteiger partial charge in [0.1, 0.15) is 0 Å². The molecule has 1 aliphatic carbocycles. The van der Waals surface area contributed by atoms with E-state index in [2.05, 4.69) is 67.4 Å². The van der Waals surface area contributed by atoms with Crippen LogP contribution in [0.1, 0.15) is 113 Å². The van der Waals surface area contributed by atoms with Crippen LogP contribution in [0.2, 0.25) is 0 Å². The van der Waals surface area contributed by atoms with Gasteiger partial charge in [0.15, 0.2) is 6.23 Å². The molecule has 0 radical (unpaired) electrons. The van der Waals surface area contributed by atoms with E-state index in [-0.39, 0.29) is 12.1 Å². The molecule has 3 aliphatic rings. The molecule has 0 spiro atoms. The van der Waals surface area contributed by atoms with Crippen LogP contribution in [0.5, 0.6) is 0 Å². The molecule has 224 valence electrons. The van der Waals surface area contributed by atoms with Gasteiger partial charge in [0.2, 0.25) is 5.95 Å². The molecule has 3 fully saturated rings. The number of allylic oxidation sites excluding steroid dienone is 1. The van der Waals surface area contributed by atoms with Crippen molar-refractivity contribution in [1.29, 1.82) is 0 Å². The van der Waals surface area contributed by atoms with E-state index < -0.39 is 42.6 Å². The van der Waals surface area contributed by atoms with Crippen molar-refractivity contribution in [3.05, 3.63) is 35.2 Å². The average Bonchev–Trinajstić information content (AvgIpc) is 3.36. The Labute approximate surface area is 245 Å². The molecule has 41 heavy (non-hydrogen) atoms. The van der Waals surface area contributed by atoms with E-state index in [0.717, 1.165) is 48.6 Å². The molecule has 0 bridgehead atoms. The smallest absolute Gasteiger partial charge is 0.400 e. The van der Waals surface area contributed by atoms with E-state index in [4.69, 9.17) is 23.4 Å². The number of benzene rings is 1. The topological polar surface area (TPSA) is 64.0 Å². The number of hydrogen-bond acceptors (Lipinski definition) is 6. The normalized spacial score (nSPS) is 24.6. The summed E-state index contributed by atoms with van der Waals surface area (Å²) in [6.07, 6.45) is 4.53. The van der Waals surface area contributed by atoms with Crippen molar-refractivity contribution >= 4 is 30.6 Å². The third kappa shape index (κ3) is 5.33. The maximum atomic E-state index is 15.5. The van der Waals surface area contributed by atoms with Gasteiger partial charge in [-0.3, -0.25) is 0 Å². The summed E-state index contributed by atoms with van der Waals surface area (Å²) in [5, 5.41) is 4.74. The van der Waals surface area contributed by atoms with Crippen LogP contribution in [0.3, 0.4) is 0 Å². The van der Waals surface area contributed by atoms with Gasteiger partial charge in [0, 0.05) is 6.61 Å². The molecule has 1 aromatic heterocycles. The molecule has 2 aliphatic heterocycles. The summed E-state index contributed by atoms with van der Waals surface area (Å²) in [6, 6.07) is 5.85. The highest BCUT2D eigenvalue weighted by molar-refractivity contribution is 6.74. The van der Waals surface area contributed by atoms with Crippen LogP contribution in [-0.4, -0.2) is 53.0 Å². The Kier molecular flexibility index (Phi) is 8.08.